The lowest BCUT2D eigenvalue weighted by molar-refractivity contribution is -0.119. The second-order valence-corrected chi connectivity index (χ2v) is 6.91. The van der Waals surface area contributed by atoms with Crippen molar-refractivity contribution < 1.29 is 9.53 Å². The molecular weight excluding hydrogens is 334 g/mol. The largest absolute Gasteiger partial charge is 0.495 e. The first-order chi connectivity index (χ1) is 11.1. The van der Waals surface area contributed by atoms with Gasteiger partial charge in [0.1, 0.15) is 5.75 Å². The van der Waals surface area contributed by atoms with Crippen molar-refractivity contribution in [3.8, 4) is 17.0 Å². The highest BCUT2D eigenvalue weighted by Crippen LogP contribution is 2.32. The molecule has 1 fully saturated rings. The number of anilines is 1. The average Bonchev–Trinajstić information content (AvgIpc) is 3.16. The van der Waals surface area contributed by atoms with Crippen molar-refractivity contribution in [2.75, 3.05) is 12.4 Å². The lowest BCUT2D eigenvalue weighted by atomic mass is 10.1. The summed E-state index contributed by atoms with van der Waals surface area (Å²) in [6, 6.07) is 5.63. The predicted molar refractivity (Wildman–Crippen MR) is 93.1 cm³/mol. The zero-order valence-electron chi connectivity index (χ0n) is 12.7. The van der Waals surface area contributed by atoms with Gasteiger partial charge < -0.3 is 15.8 Å². The number of hydrogen-bond acceptors (Lipinski definition) is 5. The topological polar surface area (TPSA) is 77.2 Å². The molecule has 122 valence electrons. The summed E-state index contributed by atoms with van der Waals surface area (Å²) in [5.74, 6) is 0.621. The van der Waals surface area contributed by atoms with Crippen LogP contribution in [-0.2, 0) is 4.79 Å². The molecule has 3 rings (SSSR count). The van der Waals surface area contributed by atoms with Gasteiger partial charge in [0.25, 0.3) is 0 Å². The van der Waals surface area contributed by atoms with Gasteiger partial charge in [0, 0.05) is 22.9 Å². The Morgan fingerprint density at radius 2 is 2.30 bits per heavy atom. The van der Waals surface area contributed by atoms with E-state index in [0.717, 1.165) is 30.5 Å². The van der Waals surface area contributed by atoms with Crippen LogP contribution in [0.1, 0.15) is 19.3 Å². The number of benzene rings is 1. The molecule has 1 aromatic carbocycles. The Kier molecular flexibility index (Phi) is 4.84. The molecule has 0 aliphatic heterocycles. The molecule has 2 aromatic rings. The van der Waals surface area contributed by atoms with Crippen LogP contribution in [0.2, 0.25) is 5.02 Å². The van der Waals surface area contributed by atoms with E-state index in [2.05, 4.69) is 10.3 Å². The number of ether oxygens (including phenoxy) is 1. The van der Waals surface area contributed by atoms with Crippen LogP contribution in [0.3, 0.4) is 0 Å². The Hall–Kier alpha value is -1.63. The molecule has 5 nitrogen and oxygen atoms in total. The SMILES string of the molecule is COc1ccc(-c2csc(NC(=O)C3CCC(N)C3)n2)cc1Cl. The number of halogens is 1. The third-order valence-corrected chi connectivity index (χ3v) is 5.08. The van der Waals surface area contributed by atoms with Gasteiger partial charge in [-0.1, -0.05) is 11.6 Å². The molecule has 2 unspecified atom stereocenters. The van der Waals surface area contributed by atoms with E-state index in [1.807, 2.05) is 11.4 Å². The highest BCUT2D eigenvalue weighted by Gasteiger charge is 2.28. The minimum absolute atomic E-state index is 0.00612. The van der Waals surface area contributed by atoms with Crippen LogP contribution in [0.4, 0.5) is 5.13 Å². The molecule has 7 heteroatoms. The molecule has 1 saturated carbocycles. The van der Waals surface area contributed by atoms with Gasteiger partial charge in [0.15, 0.2) is 5.13 Å². The maximum Gasteiger partial charge on any atom is 0.229 e. The van der Waals surface area contributed by atoms with E-state index in [0.29, 0.717) is 15.9 Å². The van der Waals surface area contributed by atoms with E-state index >= 15 is 0 Å². The molecule has 0 radical (unpaired) electrons. The highest BCUT2D eigenvalue weighted by molar-refractivity contribution is 7.14. The van der Waals surface area contributed by atoms with Crippen LogP contribution in [0.25, 0.3) is 11.3 Å². The Morgan fingerprint density at radius 1 is 1.48 bits per heavy atom. The Labute approximate surface area is 143 Å². The van der Waals surface area contributed by atoms with E-state index in [-0.39, 0.29) is 17.9 Å². The van der Waals surface area contributed by atoms with Crippen molar-refractivity contribution in [1.82, 2.24) is 4.98 Å². The quantitative estimate of drug-likeness (QED) is 0.883. The third kappa shape index (κ3) is 3.65. The minimum Gasteiger partial charge on any atom is -0.495 e. The van der Waals surface area contributed by atoms with Crippen LogP contribution in [0, 0.1) is 5.92 Å². The van der Waals surface area contributed by atoms with Gasteiger partial charge in [-0.2, -0.15) is 0 Å². The highest BCUT2D eigenvalue weighted by atomic mass is 35.5. The zero-order valence-corrected chi connectivity index (χ0v) is 14.3. The smallest absolute Gasteiger partial charge is 0.229 e. The van der Waals surface area contributed by atoms with E-state index in [4.69, 9.17) is 22.1 Å². The van der Waals surface area contributed by atoms with Gasteiger partial charge in [-0.05, 0) is 37.5 Å². The summed E-state index contributed by atoms with van der Waals surface area (Å²) in [6.07, 6.45) is 2.50. The second kappa shape index (κ2) is 6.86. The van der Waals surface area contributed by atoms with Gasteiger partial charge in [-0.15, -0.1) is 11.3 Å². The molecule has 0 bridgehead atoms. The first-order valence-electron chi connectivity index (χ1n) is 7.42. The van der Waals surface area contributed by atoms with Gasteiger partial charge in [-0.3, -0.25) is 4.79 Å². The number of amides is 1. The number of carbonyl (C=O) groups excluding carboxylic acids is 1. The number of aromatic nitrogens is 1. The Morgan fingerprint density at radius 3 is 2.96 bits per heavy atom. The fraction of sp³-hybridized carbons (Fsp3) is 0.375. The molecule has 2 atom stereocenters. The van der Waals surface area contributed by atoms with Crippen LogP contribution in [0.15, 0.2) is 23.6 Å². The molecule has 23 heavy (non-hydrogen) atoms. The number of nitrogens with one attached hydrogen (secondary N) is 1. The summed E-state index contributed by atoms with van der Waals surface area (Å²) >= 11 is 7.54. The molecule has 1 aromatic heterocycles. The summed E-state index contributed by atoms with van der Waals surface area (Å²) in [6.45, 7) is 0. The first kappa shape index (κ1) is 16.2. The number of rotatable bonds is 4. The fourth-order valence-corrected chi connectivity index (χ4v) is 3.73. The standard InChI is InChI=1S/C16H18ClN3O2S/c1-22-14-5-3-9(7-12(14)17)13-8-23-16(19-13)20-15(21)10-2-4-11(18)6-10/h3,5,7-8,10-11H,2,4,6,18H2,1H3,(H,19,20,21). The van der Waals surface area contributed by atoms with Gasteiger partial charge in [0.2, 0.25) is 5.91 Å². The van der Waals surface area contributed by atoms with Crippen molar-refractivity contribution >= 4 is 34.0 Å². The number of nitrogens with two attached hydrogens (primary N) is 1. The lowest BCUT2D eigenvalue weighted by Gasteiger charge is -2.08. The zero-order chi connectivity index (χ0) is 16.4. The number of methoxy groups -OCH3 is 1. The van der Waals surface area contributed by atoms with Crippen molar-refractivity contribution in [1.29, 1.82) is 0 Å². The molecule has 3 N–H and O–H groups in total. The van der Waals surface area contributed by atoms with Crippen LogP contribution < -0.4 is 15.8 Å². The van der Waals surface area contributed by atoms with Crippen LogP contribution >= 0.6 is 22.9 Å². The van der Waals surface area contributed by atoms with Crippen molar-refractivity contribution in [3.63, 3.8) is 0 Å². The summed E-state index contributed by atoms with van der Waals surface area (Å²) in [7, 11) is 1.58. The van der Waals surface area contributed by atoms with Gasteiger partial charge in [0.05, 0.1) is 17.8 Å². The Balaban J connectivity index is 1.70. The summed E-state index contributed by atoms with van der Waals surface area (Å²) in [4.78, 5) is 16.7. The summed E-state index contributed by atoms with van der Waals surface area (Å²) in [5.41, 5.74) is 7.52. The van der Waals surface area contributed by atoms with Crippen molar-refractivity contribution in [2.24, 2.45) is 11.7 Å². The molecular formula is C16H18ClN3O2S. The maximum atomic E-state index is 12.2. The van der Waals surface area contributed by atoms with Gasteiger partial charge >= 0.3 is 0 Å². The maximum absolute atomic E-state index is 12.2. The Bertz CT molecular complexity index is 719. The normalized spacial score (nSPS) is 20.5. The van der Waals surface area contributed by atoms with E-state index < -0.39 is 0 Å². The molecule has 1 aliphatic rings. The van der Waals surface area contributed by atoms with Crippen molar-refractivity contribution in [2.45, 2.75) is 25.3 Å². The molecule has 1 aliphatic carbocycles. The third-order valence-electron chi connectivity index (χ3n) is 4.03. The molecule has 0 spiro atoms. The lowest BCUT2D eigenvalue weighted by Crippen LogP contribution is -2.23. The summed E-state index contributed by atoms with van der Waals surface area (Å²) in [5, 5.41) is 5.91. The number of nitrogens with zero attached hydrogens (tertiary/aromatic N) is 1. The molecule has 1 amide bonds. The van der Waals surface area contributed by atoms with E-state index in [1.54, 1.807) is 19.2 Å². The first-order valence-corrected chi connectivity index (χ1v) is 8.68. The van der Waals surface area contributed by atoms with E-state index in [9.17, 15) is 4.79 Å². The molecule has 0 saturated heterocycles. The number of carbonyl (C=O) groups is 1. The minimum atomic E-state index is -0.00668. The fourth-order valence-electron chi connectivity index (χ4n) is 2.75. The monoisotopic (exact) mass is 351 g/mol. The van der Waals surface area contributed by atoms with Crippen LogP contribution in [-0.4, -0.2) is 24.0 Å². The predicted octanol–water partition coefficient (Wildman–Crippen LogP) is 3.54. The molecule has 1 heterocycles. The second-order valence-electron chi connectivity index (χ2n) is 5.65. The van der Waals surface area contributed by atoms with Crippen molar-refractivity contribution in [3.05, 3.63) is 28.6 Å². The number of hydrogen-bond donors (Lipinski definition) is 2. The number of thiazole rings is 1. The van der Waals surface area contributed by atoms with Gasteiger partial charge in [-0.25, -0.2) is 4.98 Å². The average molecular weight is 352 g/mol. The van der Waals surface area contributed by atoms with Crippen LogP contribution in [0.5, 0.6) is 5.75 Å². The van der Waals surface area contributed by atoms with E-state index in [1.165, 1.54) is 11.3 Å². The summed E-state index contributed by atoms with van der Waals surface area (Å²) < 4.78 is 5.14.